The number of carboxylic acids is 1. The molecule has 3 N–H and O–H groups in total. The summed E-state index contributed by atoms with van der Waals surface area (Å²) in [6.07, 6.45) is 7.75. The molecule has 9 heteroatoms. The monoisotopic (exact) mass is 463 g/mol. The van der Waals surface area contributed by atoms with Gasteiger partial charge in [0.2, 0.25) is 11.8 Å². The van der Waals surface area contributed by atoms with Crippen LogP contribution in [0.3, 0.4) is 0 Å². The molecule has 0 unspecified atom stereocenters. The minimum atomic E-state index is -1.30. The van der Waals surface area contributed by atoms with Gasteiger partial charge in [0.05, 0.1) is 0 Å². The second-order valence-electron chi connectivity index (χ2n) is 10.7. The van der Waals surface area contributed by atoms with Crippen LogP contribution in [0.1, 0.15) is 72.6 Å². The Balaban J connectivity index is 1.83. The number of carboxylic acid groups (broad SMARTS) is 1. The maximum Gasteiger partial charge on any atom is 0.408 e. The quantitative estimate of drug-likeness (QED) is 0.541. The van der Waals surface area contributed by atoms with Gasteiger partial charge in [-0.25, -0.2) is 9.59 Å². The molecule has 2 aliphatic heterocycles. The fraction of sp³-hybridized carbons (Fsp3) is 0.750. The first-order chi connectivity index (χ1) is 15.4. The number of fused-ring (bicyclic) bond motifs is 2. The van der Waals surface area contributed by atoms with Crippen molar-refractivity contribution in [3.8, 4) is 0 Å². The molecule has 1 aliphatic carbocycles. The van der Waals surface area contributed by atoms with Crippen LogP contribution in [0.2, 0.25) is 0 Å². The van der Waals surface area contributed by atoms with Crippen molar-refractivity contribution >= 4 is 23.9 Å². The van der Waals surface area contributed by atoms with Crippen molar-refractivity contribution in [3.05, 3.63) is 12.2 Å². The Kier molecular flexibility index (Phi) is 7.39. The van der Waals surface area contributed by atoms with E-state index in [0.717, 1.165) is 25.7 Å². The van der Waals surface area contributed by atoms with E-state index < -0.39 is 41.2 Å². The summed E-state index contributed by atoms with van der Waals surface area (Å²) in [5.74, 6) is -1.98. The van der Waals surface area contributed by atoms with Gasteiger partial charge in [0.15, 0.2) is 0 Å². The third kappa shape index (κ3) is 6.06. The van der Waals surface area contributed by atoms with Gasteiger partial charge in [-0.05, 0) is 58.8 Å². The molecule has 3 amide bonds. The lowest BCUT2D eigenvalue weighted by Crippen LogP contribution is -2.56. The number of rotatable bonds is 2. The molecule has 3 rings (SSSR count). The van der Waals surface area contributed by atoms with E-state index in [1.54, 1.807) is 20.8 Å². The molecule has 0 radical (unpaired) electrons. The predicted molar refractivity (Wildman–Crippen MR) is 121 cm³/mol. The van der Waals surface area contributed by atoms with Gasteiger partial charge in [-0.3, -0.25) is 9.59 Å². The van der Waals surface area contributed by atoms with Crippen LogP contribution in [0.15, 0.2) is 12.2 Å². The van der Waals surface area contributed by atoms with Crippen LogP contribution in [0, 0.1) is 11.8 Å². The molecule has 0 spiro atoms. The summed E-state index contributed by atoms with van der Waals surface area (Å²) in [5.41, 5.74) is -2.00. The lowest BCUT2D eigenvalue weighted by atomic mass is 10.0. The number of alkyl carbamates (subject to hydrolysis) is 1. The lowest BCUT2D eigenvalue weighted by molar-refractivity contribution is -0.145. The highest BCUT2D eigenvalue weighted by Crippen LogP contribution is 2.45. The van der Waals surface area contributed by atoms with E-state index in [9.17, 15) is 24.3 Å². The maximum atomic E-state index is 13.5. The van der Waals surface area contributed by atoms with E-state index >= 15 is 0 Å². The average molecular weight is 464 g/mol. The van der Waals surface area contributed by atoms with E-state index in [1.807, 2.05) is 19.1 Å². The molecule has 5 atom stereocenters. The largest absolute Gasteiger partial charge is 0.479 e. The predicted octanol–water partition coefficient (Wildman–Crippen LogP) is 2.60. The topological polar surface area (TPSA) is 125 Å². The summed E-state index contributed by atoms with van der Waals surface area (Å²) in [6, 6.07) is -1.56. The lowest BCUT2D eigenvalue weighted by Gasteiger charge is -2.30. The van der Waals surface area contributed by atoms with E-state index in [2.05, 4.69) is 10.6 Å². The van der Waals surface area contributed by atoms with Gasteiger partial charge < -0.3 is 25.4 Å². The first-order valence-electron chi connectivity index (χ1n) is 11.9. The number of allylic oxidation sites excluding steroid dienone is 1. The Labute approximate surface area is 195 Å². The van der Waals surface area contributed by atoms with Crippen molar-refractivity contribution in [2.75, 3.05) is 6.54 Å². The van der Waals surface area contributed by atoms with Gasteiger partial charge >= 0.3 is 12.1 Å². The van der Waals surface area contributed by atoms with Gasteiger partial charge in [0, 0.05) is 12.5 Å². The smallest absolute Gasteiger partial charge is 0.408 e. The Morgan fingerprint density at radius 1 is 1.24 bits per heavy atom. The first kappa shape index (κ1) is 25.1. The minimum absolute atomic E-state index is 0.0847. The minimum Gasteiger partial charge on any atom is -0.479 e. The van der Waals surface area contributed by atoms with Crippen molar-refractivity contribution in [2.24, 2.45) is 11.8 Å². The Hall–Kier alpha value is -2.58. The number of carbonyl (C=O) groups is 4. The maximum absolute atomic E-state index is 13.5. The number of hydrogen-bond acceptors (Lipinski definition) is 5. The molecule has 3 aliphatic rings. The highest BCUT2D eigenvalue weighted by Gasteiger charge is 2.61. The molecular weight excluding hydrogens is 426 g/mol. The molecule has 9 nitrogen and oxygen atoms in total. The zero-order valence-electron chi connectivity index (χ0n) is 20.1. The van der Waals surface area contributed by atoms with Gasteiger partial charge in [-0.1, -0.05) is 31.9 Å². The second kappa shape index (κ2) is 9.73. The van der Waals surface area contributed by atoms with Crippen LogP contribution in [-0.2, 0) is 19.1 Å². The van der Waals surface area contributed by atoms with E-state index in [4.69, 9.17) is 4.74 Å². The van der Waals surface area contributed by atoms with Gasteiger partial charge in [-0.15, -0.1) is 0 Å². The summed E-state index contributed by atoms with van der Waals surface area (Å²) < 4.78 is 5.35. The number of amides is 3. The first-order valence-corrected chi connectivity index (χ1v) is 11.9. The second-order valence-corrected chi connectivity index (χ2v) is 10.7. The van der Waals surface area contributed by atoms with Gasteiger partial charge in [0.25, 0.3) is 0 Å². The van der Waals surface area contributed by atoms with Crippen molar-refractivity contribution in [2.45, 2.75) is 95.9 Å². The van der Waals surface area contributed by atoms with Crippen molar-refractivity contribution in [1.82, 2.24) is 15.5 Å². The van der Waals surface area contributed by atoms with Crippen LogP contribution < -0.4 is 10.6 Å². The third-order valence-electron chi connectivity index (χ3n) is 6.56. The summed E-state index contributed by atoms with van der Waals surface area (Å²) in [4.78, 5) is 52.6. The molecule has 184 valence electrons. The molecule has 0 aromatic rings. The normalized spacial score (nSPS) is 34.1. The zero-order chi connectivity index (χ0) is 24.4. The van der Waals surface area contributed by atoms with Crippen molar-refractivity contribution < 1.29 is 29.0 Å². The van der Waals surface area contributed by atoms with E-state index in [1.165, 1.54) is 4.90 Å². The number of hydrogen-bond donors (Lipinski definition) is 3. The molecule has 1 saturated carbocycles. The molecule has 0 bridgehead atoms. The van der Waals surface area contributed by atoms with Gasteiger partial charge in [0.1, 0.15) is 23.2 Å². The van der Waals surface area contributed by atoms with Crippen molar-refractivity contribution in [1.29, 1.82) is 0 Å². The summed E-state index contributed by atoms with van der Waals surface area (Å²) in [7, 11) is 0. The van der Waals surface area contributed by atoms with Gasteiger partial charge in [-0.2, -0.15) is 0 Å². The summed E-state index contributed by atoms with van der Waals surface area (Å²) >= 11 is 0. The highest BCUT2D eigenvalue weighted by atomic mass is 16.6. The van der Waals surface area contributed by atoms with Crippen molar-refractivity contribution in [3.63, 3.8) is 0 Å². The number of nitrogens with one attached hydrogen (secondary N) is 2. The molecule has 1 saturated heterocycles. The van der Waals surface area contributed by atoms with Crippen LogP contribution in [-0.4, -0.2) is 63.7 Å². The summed E-state index contributed by atoms with van der Waals surface area (Å²) in [6.45, 7) is 7.60. The average Bonchev–Trinajstić information content (AvgIpc) is 3.25. The van der Waals surface area contributed by atoms with E-state index in [0.29, 0.717) is 25.8 Å². The Morgan fingerprint density at radius 2 is 1.97 bits per heavy atom. The molecule has 0 aromatic heterocycles. The Bertz CT molecular complexity index is 820. The summed E-state index contributed by atoms with van der Waals surface area (Å²) in [5, 5.41) is 15.2. The number of carbonyl (C=O) groups excluding carboxylic acids is 3. The number of ether oxygens (including phenoxy) is 1. The molecule has 33 heavy (non-hydrogen) atoms. The standard InChI is InChI=1S/C24H37N3O6/c1-15-12-18-19(28)26-24(21(30)31)13-16(24)10-8-6-5-7-9-11-17(20(29)27(18)14-15)25-22(32)33-23(2,3)4/h8,10,15-18H,5-7,9,11-14H2,1-4H3,(H,25,32)(H,26,28)(H,30,31)/b10-8-/t15-,16+,17+,18+,24+/m1/s1. The Morgan fingerprint density at radius 3 is 2.64 bits per heavy atom. The number of nitrogens with zero attached hydrogens (tertiary/aromatic N) is 1. The molecular formula is C24H37N3O6. The highest BCUT2D eigenvalue weighted by molar-refractivity contribution is 5.96. The van der Waals surface area contributed by atoms with Crippen LogP contribution >= 0.6 is 0 Å². The zero-order valence-corrected chi connectivity index (χ0v) is 20.1. The van der Waals surface area contributed by atoms with Crippen LogP contribution in [0.4, 0.5) is 4.79 Å². The van der Waals surface area contributed by atoms with E-state index in [-0.39, 0.29) is 17.7 Å². The SMILES string of the molecule is C[C@@H]1C[C@H]2C(=O)N[C@@]3(C(=O)O)C[C@@H]3/C=C\CCCCC[C@H](NC(=O)OC(C)(C)C)C(=O)N2C1. The fourth-order valence-corrected chi connectivity index (χ4v) is 4.76. The molecule has 2 fully saturated rings. The van der Waals surface area contributed by atoms with Crippen LogP contribution in [0.25, 0.3) is 0 Å². The van der Waals surface area contributed by atoms with Crippen LogP contribution in [0.5, 0.6) is 0 Å². The molecule has 2 heterocycles. The molecule has 0 aromatic carbocycles. The number of aliphatic carboxylic acids is 1. The fourth-order valence-electron chi connectivity index (χ4n) is 4.76. The third-order valence-corrected chi connectivity index (χ3v) is 6.56.